The third-order valence-electron chi connectivity index (χ3n) is 3.99. The Morgan fingerprint density at radius 2 is 2.12 bits per heavy atom. The van der Waals surface area contributed by atoms with Crippen LogP contribution >= 0.6 is 11.6 Å². The van der Waals surface area contributed by atoms with Gasteiger partial charge >= 0.3 is 0 Å². The number of amides is 1. The zero-order chi connectivity index (χ0) is 19.4. The smallest absolute Gasteiger partial charge is 0.219 e. The van der Waals surface area contributed by atoms with E-state index >= 15 is 4.39 Å². The summed E-state index contributed by atoms with van der Waals surface area (Å²) >= 11 is 6.07. The van der Waals surface area contributed by atoms with Crippen LogP contribution in [0.4, 0.5) is 4.39 Å². The van der Waals surface area contributed by atoms with E-state index in [0.29, 0.717) is 12.2 Å². The highest BCUT2D eigenvalue weighted by molar-refractivity contribution is 6.35. The molecule has 1 amide bonds. The van der Waals surface area contributed by atoms with E-state index in [-0.39, 0.29) is 34.3 Å². The molecule has 26 heavy (non-hydrogen) atoms. The van der Waals surface area contributed by atoms with Gasteiger partial charge in [-0.2, -0.15) is 0 Å². The van der Waals surface area contributed by atoms with Crippen molar-refractivity contribution in [1.29, 1.82) is 0 Å². The van der Waals surface area contributed by atoms with E-state index in [4.69, 9.17) is 21.9 Å². The molecule has 0 aliphatic heterocycles. The first-order chi connectivity index (χ1) is 12.2. The van der Waals surface area contributed by atoms with Gasteiger partial charge in [0.05, 0.1) is 10.6 Å². The fourth-order valence-electron chi connectivity index (χ4n) is 2.78. The van der Waals surface area contributed by atoms with Crippen molar-refractivity contribution in [2.24, 2.45) is 5.73 Å². The number of aromatic nitrogens is 1. The number of hydrogen-bond acceptors (Lipinski definition) is 5. The molecule has 0 aliphatic rings. The summed E-state index contributed by atoms with van der Waals surface area (Å²) in [5, 5.41) is 6.79. The molecule has 140 valence electrons. The van der Waals surface area contributed by atoms with E-state index in [0.717, 1.165) is 0 Å². The summed E-state index contributed by atoms with van der Waals surface area (Å²) in [4.78, 5) is 23.7. The summed E-state index contributed by atoms with van der Waals surface area (Å²) in [6.45, 7) is 5.28. The van der Waals surface area contributed by atoms with Gasteiger partial charge in [-0.25, -0.2) is 4.39 Å². The van der Waals surface area contributed by atoms with Gasteiger partial charge in [-0.15, -0.1) is 0 Å². The molecule has 0 unspecified atom stereocenters. The normalized spacial score (nSPS) is 13.4. The third-order valence-corrected chi connectivity index (χ3v) is 4.30. The number of carbonyl (C=O) groups is 2. The average Bonchev–Trinajstić information content (AvgIpc) is 2.99. The largest absolute Gasteiger partial charge is 0.370 e. The number of halogens is 2. The van der Waals surface area contributed by atoms with E-state index in [2.05, 4.69) is 10.5 Å². The number of aryl methyl sites for hydroxylation is 1. The monoisotopic (exact) mass is 381 g/mol. The Kier molecular flexibility index (Phi) is 6.50. The van der Waals surface area contributed by atoms with Gasteiger partial charge in [-0.05, 0) is 26.3 Å². The van der Waals surface area contributed by atoms with Crippen LogP contribution in [0.5, 0.6) is 0 Å². The van der Waals surface area contributed by atoms with Crippen molar-refractivity contribution in [3.05, 3.63) is 51.6 Å². The summed E-state index contributed by atoms with van der Waals surface area (Å²) in [6.07, 6.45) is 0.661. The Bertz CT molecular complexity index is 822. The molecular formula is C18H21ClFN3O3. The SMILES string of the molecule is CC[C@@H](N[C@@H](C)CC(N)=O)c1ccc(Cl)c(C(=O)c2cc(C)on2)c1F. The van der Waals surface area contributed by atoms with Gasteiger partial charge < -0.3 is 15.6 Å². The number of nitrogens with one attached hydrogen (secondary N) is 1. The Balaban J connectivity index is 2.38. The van der Waals surface area contributed by atoms with Gasteiger partial charge in [-0.3, -0.25) is 9.59 Å². The van der Waals surface area contributed by atoms with Crippen molar-refractivity contribution >= 4 is 23.3 Å². The lowest BCUT2D eigenvalue weighted by molar-refractivity contribution is -0.118. The molecule has 6 nitrogen and oxygen atoms in total. The number of nitrogens with two attached hydrogens (primary N) is 1. The summed E-state index contributed by atoms with van der Waals surface area (Å²) < 4.78 is 20.0. The first-order valence-electron chi connectivity index (χ1n) is 8.24. The molecule has 3 N–H and O–H groups in total. The second kappa shape index (κ2) is 8.42. The van der Waals surface area contributed by atoms with Crippen LogP contribution < -0.4 is 11.1 Å². The molecular weight excluding hydrogens is 361 g/mol. The van der Waals surface area contributed by atoms with Crippen molar-refractivity contribution in [3.8, 4) is 0 Å². The first-order valence-corrected chi connectivity index (χ1v) is 8.62. The fraction of sp³-hybridized carbons (Fsp3) is 0.389. The molecule has 0 bridgehead atoms. The van der Waals surface area contributed by atoms with Crippen LogP contribution in [0.2, 0.25) is 5.02 Å². The minimum Gasteiger partial charge on any atom is -0.370 e. The van der Waals surface area contributed by atoms with Gasteiger partial charge in [0.2, 0.25) is 11.7 Å². The number of rotatable bonds is 8. The molecule has 0 saturated carbocycles. The highest BCUT2D eigenvalue weighted by Gasteiger charge is 2.26. The van der Waals surface area contributed by atoms with Crippen LogP contribution in [0.1, 0.15) is 60.1 Å². The second-order valence-corrected chi connectivity index (χ2v) is 6.58. The van der Waals surface area contributed by atoms with Gasteiger partial charge in [0.1, 0.15) is 11.6 Å². The van der Waals surface area contributed by atoms with E-state index in [1.807, 2.05) is 6.92 Å². The number of primary amides is 1. The highest BCUT2D eigenvalue weighted by Crippen LogP contribution is 2.30. The van der Waals surface area contributed by atoms with E-state index < -0.39 is 23.5 Å². The minimum absolute atomic E-state index is 0.00283. The lowest BCUT2D eigenvalue weighted by atomic mass is 9.97. The first kappa shape index (κ1) is 20.1. The standard InChI is InChI=1S/C18H21ClFN3O3/c1-4-13(22-9(2)7-15(21)24)11-5-6-12(19)16(17(11)20)18(25)14-8-10(3)26-23-14/h5-6,8-9,13,22H,4,7H2,1-3H3,(H2,21,24)/t9-,13+/m0/s1. The molecule has 2 atom stereocenters. The lowest BCUT2D eigenvalue weighted by Gasteiger charge is -2.23. The third kappa shape index (κ3) is 4.47. The number of benzene rings is 1. The van der Waals surface area contributed by atoms with Crippen molar-refractivity contribution < 1.29 is 18.5 Å². The Morgan fingerprint density at radius 1 is 1.42 bits per heavy atom. The lowest BCUT2D eigenvalue weighted by Crippen LogP contribution is -2.34. The predicted molar refractivity (Wildman–Crippen MR) is 95.5 cm³/mol. The number of hydrogen-bond donors (Lipinski definition) is 2. The fourth-order valence-corrected chi connectivity index (χ4v) is 3.01. The maximum atomic E-state index is 15.1. The topological polar surface area (TPSA) is 98.2 Å². The van der Waals surface area contributed by atoms with Crippen LogP contribution in [0, 0.1) is 12.7 Å². The molecule has 2 aromatic rings. The van der Waals surface area contributed by atoms with Gasteiger partial charge in [0.15, 0.2) is 5.69 Å². The van der Waals surface area contributed by atoms with Gasteiger partial charge in [0.25, 0.3) is 0 Å². The van der Waals surface area contributed by atoms with E-state index in [1.165, 1.54) is 18.2 Å². The van der Waals surface area contributed by atoms with E-state index in [1.54, 1.807) is 13.8 Å². The Hall–Kier alpha value is -2.25. The molecule has 0 radical (unpaired) electrons. The summed E-state index contributed by atoms with van der Waals surface area (Å²) in [5.41, 5.74) is 5.23. The average molecular weight is 382 g/mol. The maximum absolute atomic E-state index is 15.1. The molecule has 1 aromatic carbocycles. The molecule has 1 aromatic heterocycles. The van der Waals surface area contributed by atoms with E-state index in [9.17, 15) is 9.59 Å². The van der Waals surface area contributed by atoms with Crippen LogP contribution in [0.25, 0.3) is 0 Å². The molecule has 0 spiro atoms. The van der Waals surface area contributed by atoms with Crippen molar-refractivity contribution in [2.75, 3.05) is 0 Å². The molecule has 8 heteroatoms. The molecule has 1 heterocycles. The Labute approximate surface area is 155 Å². The predicted octanol–water partition coefficient (Wildman–Crippen LogP) is 3.31. The van der Waals surface area contributed by atoms with Crippen LogP contribution in [-0.2, 0) is 4.79 Å². The highest BCUT2D eigenvalue weighted by atomic mass is 35.5. The summed E-state index contributed by atoms with van der Waals surface area (Å²) in [7, 11) is 0. The van der Waals surface area contributed by atoms with Crippen molar-refractivity contribution in [2.45, 2.75) is 45.7 Å². The number of carbonyl (C=O) groups excluding carboxylic acids is 2. The minimum atomic E-state index is -0.714. The van der Waals surface area contributed by atoms with Crippen LogP contribution in [0.15, 0.2) is 22.7 Å². The maximum Gasteiger partial charge on any atom is 0.219 e. The summed E-state index contributed by atoms with van der Waals surface area (Å²) in [5.74, 6) is -1.37. The van der Waals surface area contributed by atoms with Gasteiger partial charge in [-0.1, -0.05) is 29.7 Å². The molecule has 0 saturated heterocycles. The molecule has 2 rings (SSSR count). The van der Waals surface area contributed by atoms with Crippen LogP contribution in [-0.4, -0.2) is 22.9 Å². The van der Waals surface area contributed by atoms with Crippen molar-refractivity contribution in [1.82, 2.24) is 10.5 Å². The number of nitrogens with zero attached hydrogens (tertiary/aromatic N) is 1. The van der Waals surface area contributed by atoms with Gasteiger partial charge in [0, 0.05) is 30.1 Å². The van der Waals surface area contributed by atoms with Crippen LogP contribution in [0.3, 0.4) is 0 Å². The quantitative estimate of drug-likeness (QED) is 0.683. The second-order valence-electron chi connectivity index (χ2n) is 6.18. The zero-order valence-electron chi connectivity index (χ0n) is 14.8. The van der Waals surface area contributed by atoms with Crippen molar-refractivity contribution in [3.63, 3.8) is 0 Å². The Morgan fingerprint density at radius 3 is 2.65 bits per heavy atom. The zero-order valence-corrected chi connectivity index (χ0v) is 15.6. The molecule has 0 fully saturated rings. The summed E-state index contributed by atoms with van der Waals surface area (Å²) in [6, 6.07) is 3.77. The molecule has 0 aliphatic carbocycles. The number of ketones is 1.